The fourth-order valence-corrected chi connectivity index (χ4v) is 3.91. The summed E-state index contributed by atoms with van der Waals surface area (Å²) in [5.41, 5.74) is 4.76. The molecular weight excluding hydrogens is 398 g/mol. The normalized spacial score (nSPS) is 18.7. The molecule has 2 aliphatic rings. The Hall–Kier alpha value is -2.66. The first-order valence-electron chi connectivity index (χ1n) is 10.4. The van der Waals surface area contributed by atoms with Crippen LogP contribution in [0.15, 0.2) is 47.5 Å². The molecule has 1 aliphatic carbocycles. The smallest absolute Gasteiger partial charge is 0.341 e. The van der Waals surface area contributed by atoms with Gasteiger partial charge in [0.1, 0.15) is 0 Å². The molecule has 30 heavy (non-hydrogen) atoms. The van der Waals surface area contributed by atoms with E-state index in [1.165, 1.54) is 18.4 Å². The minimum atomic E-state index is -0.359. The summed E-state index contributed by atoms with van der Waals surface area (Å²) in [4.78, 5) is 28.4. The van der Waals surface area contributed by atoms with Gasteiger partial charge in [-0.2, -0.15) is 4.99 Å². The van der Waals surface area contributed by atoms with E-state index < -0.39 is 0 Å². The van der Waals surface area contributed by atoms with Gasteiger partial charge in [0, 0.05) is 29.5 Å². The van der Waals surface area contributed by atoms with Crippen LogP contribution in [0.4, 0.5) is 4.79 Å². The van der Waals surface area contributed by atoms with Crippen LogP contribution >= 0.6 is 11.6 Å². The molecule has 156 valence electrons. The molecule has 0 spiro atoms. The van der Waals surface area contributed by atoms with Crippen molar-refractivity contribution in [3.63, 3.8) is 0 Å². The van der Waals surface area contributed by atoms with Crippen LogP contribution in [-0.4, -0.2) is 17.6 Å². The summed E-state index contributed by atoms with van der Waals surface area (Å²) in [6, 6.07) is 13.6. The summed E-state index contributed by atoms with van der Waals surface area (Å²) in [5, 5.41) is 6.41. The fraction of sp³-hybridized carbons (Fsp3) is 0.375. The predicted octanol–water partition coefficient (Wildman–Crippen LogP) is 5.13. The quantitative estimate of drug-likeness (QED) is 0.675. The summed E-state index contributed by atoms with van der Waals surface area (Å²) in [5.74, 6) is 0.626. The van der Waals surface area contributed by atoms with E-state index in [1.807, 2.05) is 26.0 Å². The number of carbonyl (C=O) groups is 2. The first-order valence-corrected chi connectivity index (χ1v) is 10.8. The van der Waals surface area contributed by atoms with Crippen LogP contribution in [-0.2, 0) is 11.3 Å². The van der Waals surface area contributed by atoms with Crippen molar-refractivity contribution in [1.29, 1.82) is 0 Å². The second-order valence-electron chi connectivity index (χ2n) is 8.39. The first-order chi connectivity index (χ1) is 14.4. The van der Waals surface area contributed by atoms with Crippen molar-refractivity contribution in [3.8, 4) is 0 Å². The molecule has 4 rings (SSSR count). The standard InChI is InChI=1S/C24H26ClN3O2/c1-14(2)23(29)26-13-15-3-10-20(25)19(11-15)22-12-21(27-24(30)28-22)18-8-6-17(7-9-18)16-4-5-16/h3,6-11,14,16,21H,4-5,12-13H2,1-2H3,(H,26,29)(H,27,30). The van der Waals surface area contributed by atoms with Gasteiger partial charge in [-0.15, -0.1) is 0 Å². The Labute approximate surface area is 181 Å². The molecule has 1 atom stereocenters. The number of halogens is 1. The van der Waals surface area contributed by atoms with Crippen molar-refractivity contribution < 1.29 is 9.59 Å². The van der Waals surface area contributed by atoms with Gasteiger partial charge in [-0.05, 0) is 47.6 Å². The molecule has 0 saturated heterocycles. The molecule has 3 amide bonds. The number of hydrogen-bond donors (Lipinski definition) is 2. The maximum absolute atomic E-state index is 12.3. The summed E-state index contributed by atoms with van der Waals surface area (Å²) >= 11 is 6.45. The van der Waals surface area contributed by atoms with E-state index in [4.69, 9.17) is 11.6 Å². The van der Waals surface area contributed by atoms with Gasteiger partial charge in [0.25, 0.3) is 0 Å². The van der Waals surface area contributed by atoms with E-state index in [0.29, 0.717) is 29.6 Å². The Morgan fingerprint density at radius 1 is 1.17 bits per heavy atom. The number of nitrogens with one attached hydrogen (secondary N) is 2. The van der Waals surface area contributed by atoms with Crippen molar-refractivity contribution in [1.82, 2.24) is 10.6 Å². The molecule has 6 heteroatoms. The number of amides is 3. The second kappa shape index (κ2) is 8.60. The van der Waals surface area contributed by atoms with E-state index in [0.717, 1.165) is 16.7 Å². The Balaban J connectivity index is 1.53. The lowest BCUT2D eigenvalue weighted by Crippen LogP contribution is -2.33. The summed E-state index contributed by atoms with van der Waals surface area (Å²) < 4.78 is 0. The van der Waals surface area contributed by atoms with Crippen molar-refractivity contribution >= 4 is 29.3 Å². The van der Waals surface area contributed by atoms with Crippen LogP contribution in [0.2, 0.25) is 5.02 Å². The highest BCUT2D eigenvalue weighted by Gasteiger charge is 2.26. The van der Waals surface area contributed by atoms with E-state index >= 15 is 0 Å². The molecule has 0 aromatic heterocycles. The predicted molar refractivity (Wildman–Crippen MR) is 119 cm³/mol. The van der Waals surface area contributed by atoms with Crippen LogP contribution in [0.5, 0.6) is 0 Å². The van der Waals surface area contributed by atoms with E-state index in [-0.39, 0.29) is 23.9 Å². The Bertz CT molecular complexity index is 994. The topological polar surface area (TPSA) is 70.6 Å². The molecule has 1 aliphatic heterocycles. The molecular formula is C24H26ClN3O2. The van der Waals surface area contributed by atoms with Gasteiger partial charge >= 0.3 is 6.03 Å². The highest BCUT2D eigenvalue weighted by atomic mass is 35.5. The Morgan fingerprint density at radius 3 is 2.53 bits per heavy atom. The van der Waals surface area contributed by atoms with Gasteiger partial charge in [-0.3, -0.25) is 4.79 Å². The van der Waals surface area contributed by atoms with Gasteiger partial charge in [0.2, 0.25) is 5.91 Å². The number of rotatable bonds is 6. The molecule has 1 fully saturated rings. The third-order valence-electron chi connectivity index (χ3n) is 5.65. The molecule has 2 aromatic rings. The van der Waals surface area contributed by atoms with Crippen LogP contribution in [0.25, 0.3) is 0 Å². The lowest BCUT2D eigenvalue weighted by atomic mass is 9.94. The minimum Gasteiger partial charge on any atom is -0.352 e. The van der Waals surface area contributed by atoms with Crippen LogP contribution in [0, 0.1) is 5.92 Å². The molecule has 0 bridgehead atoms. The highest BCUT2D eigenvalue weighted by Crippen LogP contribution is 2.40. The van der Waals surface area contributed by atoms with Gasteiger partial charge in [0.05, 0.1) is 11.8 Å². The molecule has 5 nitrogen and oxygen atoms in total. The number of aliphatic imine (C=N–C) groups is 1. The lowest BCUT2D eigenvalue weighted by Gasteiger charge is -2.24. The van der Waals surface area contributed by atoms with Crippen molar-refractivity contribution in [2.45, 2.75) is 51.6 Å². The largest absolute Gasteiger partial charge is 0.352 e. The van der Waals surface area contributed by atoms with Crippen LogP contribution in [0.3, 0.4) is 0 Å². The number of hydrogen-bond acceptors (Lipinski definition) is 2. The third-order valence-corrected chi connectivity index (χ3v) is 5.98. The molecule has 1 unspecified atom stereocenters. The zero-order valence-electron chi connectivity index (χ0n) is 17.2. The maximum atomic E-state index is 12.3. The molecule has 1 saturated carbocycles. The summed E-state index contributed by atoms with van der Waals surface area (Å²) in [7, 11) is 0. The number of benzene rings is 2. The van der Waals surface area contributed by atoms with Crippen LogP contribution in [0.1, 0.15) is 67.3 Å². The van der Waals surface area contributed by atoms with Crippen LogP contribution < -0.4 is 10.6 Å². The summed E-state index contributed by atoms with van der Waals surface area (Å²) in [6.07, 6.45) is 3.10. The van der Waals surface area contributed by atoms with Gasteiger partial charge in [-0.25, -0.2) is 4.79 Å². The Kier molecular flexibility index (Phi) is 5.91. The number of urea groups is 1. The van der Waals surface area contributed by atoms with Gasteiger partial charge < -0.3 is 10.6 Å². The van der Waals surface area contributed by atoms with Crippen molar-refractivity contribution in [2.24, 2.45) is 10.9 Å². The highest BCUT2D eigenvalue weighted by molar-refractivity contribution is 6.34. The molecule has 1 heterocycles. The van der Waals surface area contributed by atoms with E-state index in [9.17, 15) is 9.59 Å². The SMILES string of the molecule is CC(C)C(=O)NCc1ccc(Cl)c(C2=NC(=O)NC(c3ccc(C4CC4)cc3)C2)c1. The number of nitrogens with zero attached hydrogens (tertiary/aromatic N) is 1. The average molecular weight is 424 g/mol. The third kappa shape index (κ3) is 4.73. The average Bonchev–Trinajstić information content (AvgIpc) is 3.58. The monoisotopic (exact) mass is 423 g/mol. The Morgan fingerprint density at radius 2 is 1.87 bits per heavy atom. The maximum Gasteiger partial charge on any atom is 0.341 e. The molecule has 2 N–H and O–H groups in total. The summed E-state index contributed by atoms with van der Waals surface area (Å²) in [6.45, 7) is 4.12. The molecule has 2 aromatic carbocycles. The fourth-order valence-electron chi connectivity index (χ4n) is 3.68. The van der Waals surface area contributed by atoms with Gasteiger partial charge in [0.15, 0.2) is 0 Å². The molecule has 0 radical (unpaired) electrons. The zero-order chi connectivity index (χ0) is 21.3. The zero-order valence-corrected chi connectivity index (χ0v) is 18.0. The first kappa shape index (κ1) is 20.6. The van der Waals surface area contributed by atoms with E-state index in [2.05, 4.69) is 39.9 Å². The number of carbonyl (C=O) groups excluding carboxylic acids is 2. The van der Waals surface area contributed by atoms with E-state index in [1.54, 1.807) is 6.07 Å². The second-order valence-corrected chi connectivity index (χ2v) is 8.80. The van der Waals surface area contributed by atoms with Gasteiger partial charge in [-0.1, -0.05) is 55.8 Å². The van der Waals surface area contributed by atoms with Crippen molar-refractivity contribution in [3.05, 3.63) is 69.7 Å². The minimum absolute atomic E-state index is 0.00408. The van der Waals surface area contributed by atoms with Crippen molar-refractivity contribution in [2.75, 3.05) is 0 Å². The lowest BCUT2D eigenvalue weighted by molar-refractivity contribution is -0.124.